The zero-order valence-corrected chi connectivity index (χ0v) is 9.79. The Morgan fingerprint density at radius 3 is 2.60 bits per heavy atom. The molecule has 2 rings (SSSR count). The molecule has 0 aliphatic carbocycles. The number of ether oxygens (including phenoxy) is 2. The number of piperidine rings is 1. The molecule has 2 aliphatic rings. The van der Waals surface area contributed by atoms with Gasteiger partial charge in [-0.25, -0.2) is 0 Å². The van der Waals surface area contributed by atoms with Gasteiger partial charge in [-0.15, -0.1) is 0 Å². The van der Waals surface area contributed by atoms with Crippen LogP contribution in [0.2, 0.25) is 0 Å². The molecular formula is C12H21NO2. The second-order valence-electron chi connectivity index (χ2n) is 4.72. The number of likely N-dealkylation sites (tertiary alicyclic amines) is 1. The summed E-state index contributed by atoms with van der Waals surface area (Å²) in [7, 11) is 0. The second kappa shape index (κ2) is 4.14. The zero-order valence-electron chi connectivity index (χ0n) is 9.79. The van der Waals surface area contributed by atoms with E-state index in [2.05, 4.69) is 18.4 Å². The monoisotopic (exact) mass is 211 g/mol. The third kappa shape index (κ3) is 2.52. The minimum Gasteiger partial charge on any atom is -0.498 e. The Labute approximate surface area is 92.0 Å². The molecule has 0 aromatic carbocycles. The molecule has 86 valence electrons. The lowest BCUT2D eigenvalue weighted by atomic mass is 9.94. The van der Waals surface area contributed by atoms with Crippen molar-refractivity contribution in [2.45, 2.75) is 38.4 Å². The normalized spacial score (nSPS) is 29.1. The number of epoxide rings is 1. The standard InChI is InChI=1S/C12H21NO2/c1-10(2)14-9-8-13-6-4-12(5-7-13)11(3)15-12/h11H,1,4-9H2,2-3H3. The Morgan fingerprint density at radius 2 is 2.13 bits per heavy atom. The van der Waals surface area contributed by atoms with E-state index in [0.29, 0.717) is 6.10 Å². The first-order chi connectivity index (χ1) is 7.12. The minimum atomic E-state index is 0.256. The van der Waals surface area contributed by atoms with Gasteiger partial charge >= 0.3 is 0 Å². The maximum atomic E-state index is 5.66. The van der Waals surface area contributed by atoms with E-state index in [9.17, 15) is 0 Å². The Hall–Kier alpha value is -0.540. The average molecular weight is 211 g/mol. The van der Waals surface area contributed by atoms with Gasteiger partial charge in [-0.1, -0.05) is 6.58 Å². The fourth-order valence-corrected chi connectivity index (χ4v) is 2.35. The molecule has 0 aromatic rings. The van der Waals surface area contributed by atoms with Crippen LogP contribution in [0, 0.1) is 0 Å². The molecule has 2 aliphatic heterocycles. The Kier molecular flexibility index (Phi) is 3.03. The summed E-state index contributed by atoms with van der Waals surface area (Å²) >= 11 is 0. The summed E-state index contributed by atoms with van der Waals surface area (Å²) in [5.41, 5.74) is 0.256. The lowest BCUT2D eigenvalue weighted by molar-refractivity contribution is 0.111. The van der Waals surface area contributed by atoms with Crippen molar-refractivity contribution in [1.29, 1.82) is 0 Å². The van der Waals surface area contributed by atoms with Gasteiger partial charge in [0, 0.05) is 19.6 Å². The van der Waals surface area contributed by atoms with Crippen molar-refractivity contribution in [2.24, 2.45) is 0 Å². The summed E-state index contributed by atoms with van der Waals surface area (Å²) in [6.07, 6.45) is 2.86. The third-order valence-corrected chi connectivity index (χ3v) is 3.55. The van der Waals surface area contributed by atoms with Gasteiger partial charge in [-0.2, -0.15) is 0 Å². The van der Waals surface area contributed by atoms with Gasteiger partial charge < -0.3 is 9.47 Å². The predicted octanol–water partition coefficient (Wildman–Crippen LogP) is 1.79. The van der Waals surface area contributed by atoms with E-state index in [1.165, 1.54) is 12.8 Å². The van der Waals surface area contributed by atoms with Crippen LogP contribution in [0.1, 0.15) is 26.7 Å². The molecule has 0 aromatic heterocycles. The van der Waals surface area contributed by atoms with Crippen molar-refractivity contribution < 1.29 is 9.47 Å². The maximum Gasteiger partial charge on any atom is 0.100 e. The molecular weight excluding hydrogens is 190 g/mol. The van der Waals surface area contributed by atoms with Crippen molar-refractivity contribution in [1.82, 2.24) is 4.90 Å². The quantitative estimate of drug-likeness (QED) is 0.523. The lowest BCUT2D eigenvalue weighted by Gasteiger charge is -2.30. The van der Waals surface area contributed by atoms with Gasteiger partial charge in [0.25, 0.3) is 0 Å². The Morgan fingerprint density at radius 1 is 1.53 bits per heavy atom. The summed E-state index contributed by atoms with van der Waals surface area (Å²) in [6, 6.07) is 0. The van der Waals surface area contributed by atoms with Crippen LogP contribution in [-0.2, 0) is 9.47 Å². The summed E-state index contributed by atoms with van der Waals surface area (Å²) < 4.78 is 11.0. The fourth-order valence-electron chi connectivity index (χ4n) is 2.35. The number of allylic oxidation sites excluding steroid dienone is 1. The van der Waals surface area contributed by atoms with Crippen molar-refractivity contribution in [3.63, 3.8) is 0 Å². The fraction of sp³-hybridized carbons (Fsp3) is 0.833. The molecule has 3 nitrogen and oxygen atoms in total. The maximum absolute atomic E-state index is 5.66. The molecule has 1 atom stereocenters. The first-order valence-corrected chi connectivity index (χ1v) is 5.81. The van der Waals surface area contributed by atoms with Gasteiger partial charge in [0.1, 0.15) is 6.61 Å². The van der Waals surface area contributed by atoms with Crippen LogP contribution in [0.5, 0.6) is 0 Å². The van der Waals surface area contributed by atoms with E-state index in [1.807, 2.05) is 6.92 Å². The Bertz CT molecular complexity index is 244. The number of nitrogens with zero attached hydrogens (tertiary/aromatic N) is 1. The lowest BCUT2D eigenvalue weighted by Crippen LogP contribution is -2.40. The van der Waals surface area contributed by atoms with Gasteiger partial charge in [-0.05, 0) is 26.7 Å². The van der Waals surface area contributed by atoms with Crippen LogP contribution in [0.4, 0.5) is 0 Å². The van der Waals surface area contributed by atoms with E-state index in [0.717, 1.165) is 32.0 Å². The molecule has 2 fully saturated rings. The van der Waals surface area contributed by atoms with Crippen LogP contribution < -0.4 is 0 Å². The molecule has 0 radical (unpaired) electrons. The summed E-state index contributed by atoms with van der Waals surface area (Å²) in [6.45, 7) is 11.9. The SMILES string of the molecule is C=C(C)OCCN1CCC2(CC1)OC2C. The van der Waals surface area contributed by atoms with Crippen molar-refractivity contribution >= 4 is 0 Å². The summed E-state index contributed by atoms with van der Waals surface area (Å²) in [4.78, 5) is 2.45. The first-order valence-electron chi connectivity index (χ1n) is 5.81. The highest BCUT2D eigenvalue weighted by molar-refractivity contribution is 5.03. The Balaban J connectivity index is 1.64. The molecule has 2 heterocycles. The highest BCUT2D eigenvalue weighted by Crippen LogP contribution is 2.44. The van der Waals surface area contributed by atoms with E-state index in [-0.39, 0.29) is 5.60 Å². The van der Waals surface area contributed by atoms with Crippen LogP contribution in [0.15, 0.2) is 12.3 Å². The number of hydrogen-bond acceptors (Lipinski definition) is 3. The molecule has 1 spiro atoms. The van der Waals surface area contributed by atoms with E-state index in [4.69, 9.17) is 9.47 Å². The topological polar surface area (TPSA) is 25.0 Å². The van der Waals surface area contributed by atoms with Gasteiger partial charge in [-0.3, -0.25) is 4.90 Å². The van der Waals surface area contributed by atoms with Crippen LogP contribution in [-0.4, -0.2) is 42.8 Å². The van der Waals surface area contributed by atoms with Gasteiger partial charge in [0.2, 0.25) is 0 Å². The molecule has 15 heavy (non-hydrogen) atoms. The van der Waals surface area contributed by atoms with Gasteiger partial charge in [0.15, 0.2) is 0 Å². The molecule has 0 saturated carbocycles. The van der Waals surface area contributed by atoms with Crippen molar-refractivity contribution in [2.75, 3.05) is 26.2 Å². The zero-order chi connectivity index (χ0) is 10.9. The molecule has 0 N–H and O–H groups in total. The minimum absolute atomic E-state index is 0.256. The van der Waals surface area contributed by atoms with E-state index < -0.39 is 0 Å². The summed E-state index contributed by atoms with van der Waals surface area (Å²) in [5.74, 6) is 0.808. The van der Waals surface area contributed by atoms with Crippen molar-refractivity contribution in [3.05, 3.63) is 12.3 Å². The largest absolute Gasteiger partial charge is 0.498 e. The van der Waals surface area contributed by atoms with Crippen LogP contribution in [0.25, 0.3) is 0 Å². The summed E-state index contributed by atoms with van der Waals surface area (Å²) in [5, 5.41) is 0. The molecule has 2 saturated heterocycles. The van der Waals surface area contributed by atoms with E-state index in [1.54, 1.807) is 0 Å². The van der Waals surface area contributed by atoms with Crippen molar-refractivity contribution in [3.8, 4) is 0 Å². The third-order valence-electron chi connectivity index (χ3n) is 3.55. The first kappa shape index (κ1) is 11.0. The predicted molar refractivity (Wildman–Crippen MR) is 59.7 cm³/mol. The molecule has 0 bridgehead atoms. The highest BCUT2D eigenvalue weighted by Gasteiger charge is 2.54. The van der Waals surface area contributed by atoms with Crippen LogP contribution >= 0.6 is 0 Å². The average Bonchev–Trinajstić information content (AvgIpc) is 2.80. The van der Waals surface area contributed by atoms with E-state index >= 15 is 0 Å². The second-order valence-corrected chi connectivity index (χ2v) is 4.72. The smallest absolute Gasteiger partial charge is 0.100 e. The molecule has 1 unspecified atom stereocenters. The van der Waals surface area contributed by atoms with Crippen LogP contribution in [0.3, 0.4) is 0 Å². The highest BCUT2D eigenvalue weighted by atomic mass is 16.6. The molecule has 3 heteroatoms. The number of hydrogen-bond donors (Lipinski definition) is 0. The molecule has 0 amide bonds. The number of rotatable bonds is 4. The van der Waals surface area contributed by atoms with Gasteiger partial charge in [0.05, 0.1) is 17.5 Å².